The Labute approximate surface area is 171 Å². The van der Waals surface area contributed by atoms with Crippen LogP contribution < -0.4 is 9.62 Å². The molecule has 0 unspecified atom stereocenters. The van der Waals surface area contributed by atoms with Crippen molar-refractivity contribution in [2.45, 2.75) is 18.4 Å². The summed E-state index contributed by atoms with van der Waals surface area (Å²) >= 11 is 0. The molecule has 0 amide bonds. The topological polar surface area (TPSA) is 103 Å². The van der Waals surface area contributed by atoms with E-state index in [1.54, 1.807) is 18.2 Å². The molecule has 0 atom stereocenters. The van der Waals surface area contributed by atoms with Crippen LogP contribution in [0.25, 0.3) is 10.9 Å². The summed E-state index contributed by atoms with van der Waals surface area (Å²) in [7, 11) is -6.36. The van der Waals surface area contributed by atoms with E-state index in [0.717, 1.165) is 22.8 Å². The standard InChI is InChI=1S/C20H23N3O4S2/c1-14-7-8-17-16(11-14)18(22-28(2,24)25)12-20(21-17)23-9-10-29(26,27)19-6-4-3-5-15(19)13-23/h3-8,11-12,26-27H,9-10,13H2,1-2H3,(H,21,22). The van der Waals surface area contributed by atoms with Crippen LogP contribution in [-0.2, 0) is 16.6 Å². The van der Waals surface area contributed by atoms with E-state index in [-0.39, 0.29) is 5.75 Å². The van der Waals surface area contributed by atoms with Gasteiger partial charge in [0, 0.05) is 24.5 Å². The van der Waals surface area contributed by atoms with Gasteiger partial charge in [-0.2, -0.15) is 10.6 Å². The summed E-state index contributed by atoms with van der Waals surface area (Å²) < 4.78 is 47.6. The molecule has 29 heavy (non-hydrogen) atoms. The zero-order valence-electron chi connectivity index (χ0n) is 16.2. The molecule has 2 heterocycles. The molecule has 9 heteroatoms. The molecule has 1 aliphatic heterocycles. The molecular formula is C20H23N3O4S2. The van der Waals surface area contributed by atoms with Gasteiger partial charge in [0.25, 0.3) is 0 Å². The molecule has 7 nitrogen and oxygen atoms in total. The van der Waals surface area contributed by atoms with Gasteiger partial charge in [0.05, 0.1) is 28.1 Å². The Morgan fingerprint density at radius 2 is 1.90 bits per heavy atom. The Hall–Kier alpha value is -2.33. The van der Waals surface area contributed by atoms with Crippen molar-refractivity contribution in [1.29, 1.82) is 0 Å². The van der Waals surface area contributed by atoms with E-state index in [2.05, 4.69) is 4.72 Å². The van der Waals surface area contributed by atoms with E-state index in [9.17, 15) is 17.5 Å². The van der Waals surface area contributed by atoms with Crippen molar-refractivity contribution in [3.63, 3.8) is 0 Å². The van der Waals surface area contributed by atoms with Gasteiger partial charge in [0.1, 0.15) is 5.82 Å². The monoisotopic (exact) mass is 433 g/mol. The molecule has 0 saturated carbocycles. The van der Waals surface area contributed by atoms with Crippen LogP contribution in [0.2, 0.25) is 0 Å². The smallest absolute Gasteiger partial charge is 0.229 e. The number of benzene rings is 2. The van der Waals surface area contributed by atoms with Crippen LogP contribution in [0.3, 0.4) is 0 Å². The lowest BCUT2D eigenvalue weighted by Gasteiger charge is -2.32. The largest absolute Gasteiger partial charge is 0.351 e. The molecular weight excluding hydrogens is 410 g/mol. The van der Waals surface area contributed by atoms with Crippen molar-refractivity contribution in [3.05, 3.63) is 59.7 Å². The highest BCUT2D eigenvalue weighted by Crippen LogP contribution is 2.51. The van der Waals surface area contributed by atoms with Gasteiger partial charge in [-0.25, -0.2) is 13.4 Å². The van der Waals surface area contributed by atoms with Gasteiger partial charge in [-0.3, -0.25) is 13.8 Å². The second-order valence-electron chi connectivity index (χ2n) is 7.32. The Morgan fingerprint density at radius 3 is 2.66 bits per heavy atom. The van der Waals surface area contributed by atoms with Crippen molar-refractivity contribution in [2.75, 3.05) is 28.2 Å². The lowest BCUT2D eigenvalue weighted by Crippen LogP contribution is -2.26. The predicted molar refractivity (Wildman–Crippen MR) is 118 cm³/mol. The normalized spacial score (nSPS) is 17.4. The Bertz CT molecular complexity index is 1200. The fourth-order valence-electron chi connectivity index (χ4n) is 3.55. The van der Waals surface area contributed by atoms with Crippen molar-refractivity contribution < 1.29 is 17.5 Å². The van der Waals surface area contributed by atoms with E-state index in [0.29, 0.717) is 35.0 Å². The van der Waals surface area contributed by atoms with E-state index in [1.807, 2.05) is 42.2 Å². The number of hydrogen-bond donors (Lipinski definition) is 3. The number of aryl methyl sites for hydroxylation is 1. The summed E-state index contributed by atoms with van der Waals surface area (Å²) in [6.07, 6.45) is 1.12. The summed E-state index contributed by atoms with van der Waals surface area (Å²) in [4.78, 5) is 7.24. The first-order valence-electron chi connectivity index (χ1n) is 9.10. The maximum Gasteiger partial charge on any atom is 0.229 e. The number of nitrogens with zero attached hydrogens (tertiary/aromatic N) is 2. The minimum atomic E-state index is -3.48. The number of anilines is 2. The molecule has 154 valence electrons. The molecule has 2 aromatic carbocycles. The fourth-order valence-corrected chi connectivity index (χ4v) is 5.67. The minimum Gasteiger partial charge on any atom is -0.351 e. The van der Waals surface area contributed by atoms with Gasteiger partial charge in [-0.05, 0) is 30.7 Å². The highest BCUT2D eigenvalue weighted by Gasteiger charge is 2.26. The van der Waals surface area contributed by atoms with Gasteiger partial charge >= 0.3 is 0 Å². The zero-order valence-corrected chi connectivity index (χ0v) is 17.8. The first-order valence-corrected chi connectivity index (χ1v) is 12.7. The van der Waals surface area contributed by atoms with Gasteiger partial charge in [0.15, 0.2) is 0 Å². The van der Waals surface area contributed by atoms with Crippen LogP contribution in [0, 0.1) is 6.92 Å². The number of rotatable bonds is 3. The minimum absolute atomic E-state index is 0.187. The molecule has 0 aliphatic carbocycles. The molecule has 1 aliphatic rings. The van der Waals surface area contributed by atoms with Gasteiger partial charge in [-0.15, -0.1) is 0 Å². The van der Waals surface area contributed by atoms with E-state index < -0.39 is 20.6 Å². The molecule has 3 N–H and O–H groups in total. The van der Waals surface area contributed by atoms with Crippen molar-refractivity contribution in [2.24, 2.45) is 0 Å². The number of aromatic nitrogens is 1. The Kier molecular flexibility index (Phi) is 4.94. The number of hydrogen-bond acceptors (Lipinski definition) is 6. The van der Waals surface area contributed by atoms with Crippen LogP contribution in [-0.4, -0.2) is 41.1 Å². The van der Waals surface area contributed by atoms with Gasteiger partial charge in [0.2, 0.25) is 10.0 Å². The average Bonchev–Trinajstić information content (AvgIpc) is 2.77. The maximum absolute atomic E-state index is 11.9. The fraction of sp³-hybridized carbons (Fsp3) is 0.250. The third-order valence-electron chi connectivity index (χ3n) is 4.90. The summed E-state index contributed by atoms with van der Waals surface area (Å²) in [6, 6.07) is 14.7. The van der Waals surface area contributed by atoms with Crippen LogP contribution in [0.4, 0.5) is 11.5 Å². The maximum atomic E-state index is 11.9. The summed E-state index contributed by atoms with van der Waals surface area (Å²) in [6.45, 7) is 2.78. The summed E-state index contributed by atoms with van der Waals surface area (Å²) in [5, 5.41) is 0.721. The molecule has 0 fully saturated rings. The lowest BCUT2D eigenvalue weighted by molar-refractivity contribution is 0.488. The van der Waals surface area contributed by atoms with Crippen molar-refractivity contribution >= 4 is 43.0 Å². The number of pyridine rings is 1. The molecule has 1 aromatic heterocycles. The number of sulfonamides is 1. The lowest BCUT2D eigenvalue weighted by atomic mass is 10.1. The van der Waals surface area contributed by atoms with Crippen LogP contribution >= 0.6 is 10.6 Å². The molecule has 0 spiro atoms. The predicted octanol–water partition coefficient (Wildman–Crippen LogP) is 4.04. The van der Waals surface area contributed by atoms with E-state index in [4.69, 9.17) is 4.98 Å². The number of fused-ring (bicyclic) bond motifs is 2. The third kappa shape index (κ3) is 4.18. The summed E-state index contributed by atoms with van der Waals surface area (Å²) in [5.41, 5.74) is 2.96. The molecule has 0 bridgehead atoms. The van der Waals surface area contributed by atoms with Crippen molar-refractivity contribution in [1.82, 2.24) is 4.98 Å². The summed E-state index contributed by atoms with van der Waals surface area (Å²) in [5.74, 6) is 0.770. The van der Waals surface area contributed by atoms with Crippen LogP contribution in [0.15, 0.2) is 53.4 Å². The first-order chi connectivity index (χ1) is 13.6. The van der Waals surface area contributed by atoms with Crippen LogP contribution in [0.1, 0.15) is 11.1 Å². The number of nitrogens with one attached hydrogen (secondary N) is 1. The first kappa shape index (κ1) is 20.0. The van der Waals surface area contributed by atoms with E-state index in [1.165, 1.54) is 0 Å². The van der Waals surface area contributed by atoms with Gasteiger partial charge in [-0.1, -0.05) is 29.8 Å². The Balaban J connectivity index is 1.83. The van der Waals surface area contributed by atoms with Crippen molar-refractivity contribution in [3.8, 4) is 0 Å². The second-order valence-corrected chi connectivity index (χ2v) is 11.3. The molecule has 3 aromatic rings. The highest BCUT2D eigenvalue weighted by molar-refractivity contribution is 8.24. The SMILES string of the molecule is Cc1ccc2nc(N3CCS(O)(O)c4ccccc4C3)cc(NS(C)(=O)=O)c2c1. The zero-order chi connectivity index (χ0) is 20.8. The second kappa shape index (κ2) is 7.17. The van der Waals surface area contributed by atoms with Gasteiger partial charge < -0.3 is 4.90 Å². The Morgan fingerprint density at radius 1 is 1.14 bits per heavy atom. The molecule has 0 saturated heterocycles. The molecule has 4 rings (SSSR count). The quantitative estimate of drug-likeness (QED) is 0.576. The highest BCUT2D eigenvalue weighted by atomic mass is 32.3. The third-order valence-corrected chi connectivity index (χ3v) is 7.35. The average molecular weight is 434 g/mol. The van der Waals surface area contributed by atoms with E-state index >= 15 is 0 Å². The molecule has 0 radical (unpaired) electrons. The van der Waals surface area contributed by atoms with Crippen LogP contribution in [0.5, 0.6) is 0 Å².